The van der Waals surface area contributed by atoms with E-state index in [1.807, 2.05) is 0 Å². The minimum Gasteiger partial charge on any atom is -0.370 e. The number of hydrogen-bond acceptors (Lipinski definition) is 1. The van der Waals surface area contributed by atoms with E-state index >= 15 is 0 Å². The van der Waals surface area contributed by atoms with Crippen LogP contribution in [-0.2, 0) is 4.74 Å². The fourth-order valence-electron chi connectivity index (χ4n) is 1.79. The molecule has 1 heterocycles. The summed E-state index contributed by atoms with van der Waals surface area (Å²) in [4.78, 5) is 0. The molecule has 0 atom stereocenters. The van der Waals surface area contributed by atoms with Crippen LogP contribution in [0.2, 0.25) is 0 Å². The molecule has 0 aromatic carbocycles. The van der Waals surface area contributed by atoms with Crippen LogP contribution in [0.3, 0.4) is 0 Å². The zero-order valence-electron chi connectivity index (χ0n) is 7.94. The van der Waals surface area contributed by atoms with Crippen molar-refractivity contribution >= 4 is 12.4 Å². The molecule has 0 N–H and O–H groups in total. The van der Waals surface area contributed by atoms with Crippen LogP contribution in [-0.4, -0.2) is 11.2 Å². The van der Waals surface area contributed by atoms with Gasteiger partial charge in [-0.15, -0.1) is 12.4 Å². The second-order valence-corrected chi connectivity index (χ2v) is 4.48. The van der Waals surface area contributed by atoms with Gasteiger partial charge < -0.3 is 4.74 Å². The van der Waals surface area contributed by atoms with Gasteiger partial charge in [0.15, 0.2) is 0 Å². The van der Waals surface area contributed by atoms with E-state index in [0.29, 0.717) is 0 Å². The first-order chi connectivity index (χ1) is 4.41. The molecule has 0 aliphatic carbocycles. The van der Waals surface area contributed by atoms with Gasteiger partial charge in [-0.2, -0.15) is 0 Å². The molecule has 0 saturated carbocycles. The van der Waals surface area contributed by atoms with Crippen molar-refractivity contribution in [2.75, 3.05) is 0 Å². The summed E-state index contributed by atoms with van der Waals surface area (Å²) < 4.78 is 5.86. The molecule has 0 bridgehead atoms. The Kier molecular flexibility index (Phi) is 3.40. The molecule has 68 valence electrons. The highest BCUT2D eigenvalue weighted by atomic mass is 35.5. The first-order valence-corrected chi connectivity index (χ1v) is 4.12. The Morgan fingerprint density at radius 3 is 1.45 bits per heavy atom. The van der Waals surface area contributed by atoms with Gasteiger partial charge in [0, 0.05) is 0 Å². The molecular formula is C9H19ClO. The molecule has 1 fully saturated rings. The van der Waals surface area contributed by atoms with Gasteiger partial charge in [-0.3, -0.25) is 0 Å². The summed E-state index contributed by atoms with van der Waals surface area (Å²) in [6.07, 6.45) is 3.72. The lowest BCUT2D eigenvalue weighted by Crippen LogP contribution is -2.41. The first-order valence-electron chi connectivity index (χ1n) is 4.12. The van der Waals surface area contributed by atoms with Gasteiger partial charge in [0.1, 0.15) is 0 Å². The van der Waals surface area contributed by atoms with Crippen LogP contribution in [0, 0.1) is 0 Å². The van der Waals surface area contributed by atoms with Gasteiger partial charge in [0.25, 0.3) is 0 Å². The van der Waals surface area contributed by atoms with Crippen molar-refractivity contribution in [2.24, 2.45) is 0 Å². The summed E-state index contributed by atoms with van der Waals surface area (Å²) in [7, 11) is 0. The fraction of sp³-hybridized carbons (Fsp3) is 1.00. The van der Waals surface area contributed by atoms with E-state index in [4.69, 9.17) is 4.74 Å². The molecule has 1 rings (SSSR count). The molecule has 1 saturated heterocycles. The molecular weight excluding hydrogens is 160 g/mol. The maximum atomic E-state index is 5.86. The summed E-state index contributed by atoms with van der Waals surface area (Å²) in [5, 5.41) is 0. The second kappa shape index (κ2) is 3.32. The van der Waals surface area contributed by atoms with Gasteiger partial charge in [-0.05, 0) is 47.0 Å². The topological polar surface area (TPSA) is 9.23 Å². The normalized spacial score (nSPS) is 27.3. The average molecular weight is 179 g/mol. The number of ether oxygens (including phenoxy) is 1. The van der Waals surface area contributed by atoms with Crippen molar-refractivity contribution in [3.05, 3.63) is 0 Å². The Labute approximate surface area is 75.9 Å². The number of halogens is 1. The molecule has 2 heteroatoms. The third-order valence-corrected chi connectivity index (χ3v) is 2.11. The Morgan fingerprint density at radius 2 is 1.27 bits per heavy atom. The van der Waals surface area contributed by atoms with Crippen molar-refractivity contribution in [1.82, 2.24) is 0 Å². The lowest BCUT2D eigenvalue weighted by atomic mass is 9.89. The van der Waals surface area contributed by atoms with Gasteiger partial charge >= 0.3 is 0 Å². The van der Waals surface area contributed by atoms with E-state index in [0.717, 1.165) is 0 Å². The summed E-state index contributed by atoms with van der Waals surface area (Å²) in [6, 6.07) is 0. The molecule has 0 amide bonds. The highest BCUT2D eigenvalue weighted by Crippen LogP contribution is 2.34. The molecule has 0 aromatic heterocycles. The highest BCUT2D eigenvalue weighted by Gasteiger charge is 2.33. The molecule has 1 aliphatic heterocycles. The molecule has 1 nitrogen and oxygen atoms in total. The third kappa shape index (κ3) is 3.44. The second-order valence-electron chi connectivity index (χ2n) is 4.48. The summed E-state index contributed by atoms with van der Waals surface area (Å²) in [5.74, 6) is 0. The van der Waals surface area contributed by atoms with Crippen LogP contribution in [0.25, 0.3) is 0 Å². The van der Waals surface area contributed by atoms with Gasteiger partial charge in [0.2, 0.25) is 0 Å². The fourth-order valence-corrected chi connectivity index (χ4v) is 1.79. The molecule has 1 aliphatic rings. The van der Waals surface area contributed by atoms with Crippen molar-refractivity contribution in [3.63, 3.8) is 0 Å². The van der Waals surface area contributed by atoms with Crippen LogP contribution in [0.1, 0.15) is 47.0 Å². The molecule has 0 spiro atoms. The maximum Gasteiger partial charge on any atom is 0.0633 e. The highest BCUT2D eigenvalue weighted by molar-refractivity contribution is 5.85. The molecule has 0 aromatic rings. The SMILES string of the molecule is CC1(C)CCCC(C)(C)O1.Cl. The van der Waals surface area contributed by atoms with Crippen LogP contribution in [0.4, 0.5) is 0 Å². The van der Waals surface area contributed by atoms with Crippen LogP contribution in [0.15, 0.2) is 0 Å². The monoisotopic (exact) mass is 178 g/mol. The van der Waals surface area contributed by atoms with E-state index in [-0.39, 0.29) is 23.6 Å². The van der Waals surface area contributed by atoms with Crippen molar-refractivity contribution in [2.45, 2.75) is 58.2 Å². The predicted octanol–water partition coefficient (Wildman–Crippen LogP) is 3.17. The average Bonchev–Trinajstić information content (AvgIpc) is 1.56. The lowest BCUT2D eigenvalue weighted by molar-refractivity contribution is -0.155. The van der Waals surface area contributed by atoms with E-state index < -0.39 is 0 Å². The van der Waals surface area contributed by atoms with E-state index in [9.17, 15) is 0 Å². The number of hydrogen-bond donors (Lipinski definition) is 0. The zero-order chi connectivity index (χ0) is 7.83. The Balaban J connectivity index is 0.000001000. The van der Waals surface area contributed by atoms with Crippen molar-refractivity contribution in [3.8, 4) is 0 Å². The van der Waals surface area contributed by atoms with Gasteiger partial charge in [0.05, 0.1) is 11.2 Å². The summed E-state index contributed by atoms with van der Waals surface area (Å²) in [6.45, 7) is 8.70. The lowest BCUT2D eigenvalue weighted by Gasteiger charge is -2.41. The molecule has 0 radical (unpaired) electrons. The van der Waals surface area contributed by atoms with E-state index in [1.54, 1.807) is 0 Å². The minimum absolute atomic E-state index is 0. The third-order valence-electron chi connectivity index (χ3n) is 2.11. The van der Waals surface area contributed by atoms with Crippen molar-refractivity contribution in [1.29, 1.82) is 0 Å². The largest absolute Gasteiger partial charge is 0.370 e. The van der Waals surface area contributed by atoms with Gasteiger partial charge in [-0.25, -0.2) is 0 Å². The minimum atomic E-state index is 0. The smallest absolute Gasteiger partial charge is 0.0633 e. The standard InChI is InChI=1S/C9H18O.ClH/c1-8(2)6-5-7-9(3,4)10-8;/h5-7H2,1-4H3;1H. The zero-order valence-corrected chi connectivity index (χ0v) is 8.75. The maximum absolute atomic E-state index is 5.86. The Hall–Kier alpha value is 0.250. The van der Waals surface area contributed by atoms with E-state index in [2.05, 4.69) is 27.7 Å². The van der Waals surface area contributed by atoms with Crippen LogP contribution < -0.4 is 0 Å². The number of rotatable bonds is 0. The van der Waals surface area contributed by atoms with Crippen LogP contribution >= 0.6 is 12.4 Å². The molecule has 11 heavy (non-hydrogen) atoms. The summed E-state index contributed by atoms with van der Waals surface area (Å²) in [5.41, 5.74) is 0.226. The Bertz CT molecular complexity index is 116. The van der Waals surface area contributed by atoms with E-state index in [1.165, 1.54) is 19.3 Å². The van der Waals surface area contributed by atoms with Crippen molar-refractivity contribution < 1.29 is 4.74 Å². The first kappa shape index (κ1) is 11.2. The molecule has 0 unspecified atom stereocenters. The predicted molar refractivity (Wildman–Crippen MR) is 50.3 cm³/mol. The quantitative estimate of drug-likeness (QED) is 0.554. The van der Waals surface area contributed by atoms with Crippen LogP contribution in [0.5, 0.6) is 0 Å². The van der Waals surface area contributed by atoms with Gasteiger partial charge in [-0.1, -0.05) is 0 Å². The Morgan fingerprint density at radius 1 is 0.909 bits per heavy atom. The summed E-state index contributed by atoms with van der Waals surface area (Å²) >= 11 is 0.